The van der Waals surface area contributed by atoms with Crippen LogP contribution < -0.4 is 0 Å². The van der Waals surface area contributed by atoms with E-state index in [1.54, 1.807) is 14.7 Å². The molecule has 11 heteroatoms. The van der Waals surface area contributed by atoms with Crippen LogP contribution in [0.15, 0.2) is 0 Å². The minimum atomic E-state index is -0.987. The van der Waals surface area contributed by atoms with Crippen molar-refractivity contribution in [2.75, 3.05) is 72.0 Å². The molecule has 0 amide bonds. The highest BCUT2D eigenvalue weighted by atomic mass is 16.4. The highest BCUT2D eigenvalue weighted by Gasteiger charge is 2.21. The summed E-state index contributed by atoms with van der Waals surface area (Å²) in [6.45, 7) is 4.45. The van der Waals surface area contributed by atoms with E-state index in [9.17, 15) is 19.5 Å². The summed E-state index contributed by atoms with van der Waals surface area (Å²) in [6, 6.07) is 0. The van der Waals surface area contributed by atoms with Gasteiger partial charge >= 0.3 is 17.9 Å². The second-order valence-electron chi connectivity index (χ2n) is 6.93. The van der Waals surface area contributed by atoms with Gasteiger partial charge in [-0.25, -0.2) is 0 Å². The number of hydrogen-bond acceptors (Lipinski definition) is 8. The molecule has 0 aromatic rings. The Kier molecular flexibility index (Phi) is 10.9. The number of rotatable bonds is 8. The maximum Gasteiger partial charge on any atom is 0.317 e. The molecule has 1 saturated heterocycles. The molecule has 1 aliphatic heterocycles. The average molecular weight is 404 g/mol. The number of carbonyl (C=O) groups is 3. The van der Waals surface area contributed by atoms with Crippen molar-refractivity contribution in [1.82, 2.24) is 19.6 Å². The molecular weight excluding hydrogens is 372 g/mol. The quantitative estimate of drug-likeness (QED) is 0.363. The van der Waals surface area contributed by atoms with Crippen molar-refractivity contribution in [3.8, 4) is 0 Å². The van der Waals surface area contributed by atoms with Gasteiger partial charge in [-0.1, -0.05) is 6.92 Å². The van der Waals surface area contributed by atoms with E-state index < -0.39 is 24.1 Å². The van der Waals surface area contributed by atoms with E-state index in [4.69, 9.17) is 15.3 Å². The average Bonchev–Trinajstić information content (AvgIpc) is 2.59. The number of aliphatic hydroxyl groups is 1. The van der Waals surface area contributed by atoms with Gasteiger partial charge in [0.25, 0.3) is 0 Å². The van der Waals surface area contributed by atoms with Crippen LogP contribution in [0.4, 0.5) is 0 Å². The van der Waals surface area contributed by atoms with Crippen LogP contribution in [0.25, 0.3) is 0 Å². The van der Waals surface area contributed by atoms with Crippen molar-refractivity contribution in [3.63, 3.8) is 0 Å². The van der Waals surface area contributed by atoms with Crippen molar-refractivity contribution in [2.24, 2.45) is 0 Å². The molecule has 1 rings (SSSR count). The van der Waals surface area contributed by atoms with E-state index in [0.29, 0.717) is 58.8 Å². The molecular formula is C17H32N4O7. The number of nitrogens with zero attached hydrogens (tertiary/aromatic N) is 4. The molecule has 1 heterocycles. The molecule has 1 aliphatic rings. The summed E-state index contributed by atoms with van der Waals surface area (Å²) in [4.78, 5) is 40.4. The van der Waals surface area contributed by atoms with Gasteiger partial charge < -0.3 is 20.4 Å². The van der Waals surface area contributed by atoms with Crippen molar-refractivity contribution in [3.05, 3.63) is 0 Å². The van der Waals surface area contributed by atoms with E-state index in [-0.39, 0.29) is 19.6 Å². The minimum Gasteiger partial charge on any atom is -0.480 e. The van der Waals surface area contributed by atoms with Gasteiger partial charge in [-0.05, 0) is 6.42 Å². The Hall–Kier alpha value is -1.79. The molecule has 11 nitrogen and oxygen atoms in total. The Labute approximate surface area is 164 Å². The third kappa shape index (κ3) is 9.95. The molecule has 0 aliphatic carbocycles. The zero-order valence-corrected chi connectivity index (χ0v) is 16.4. The highest BCUT2D eigenvalue weighted by Crippen LogP contribution is 2.05. The van der Waals surface area contributed by atoms with Crippen LogP contribution in [0.3, 0.4) is 0 Å². The Morgan fingerprint density at radius 2 is 0.964 bits per heavy atom. The van der Waals surface area contributed by atoms with Crippen LogP contribution in [0, 0.1) is 0 Å². The standard InChI is InChI=1S/C17H32N4O7/c1-2-14(22)21-9-7-19(12-16(25)26)5-3-18(11-15(23)24)4-6-20(8-10-21)13-17(27)28/h14,22H,2-13H2,1H3,(H,23,24)(H,25,26)(H,27,28). The van der Waals surface area contributed by atoms with E-state index in [1.807, 2.05) is 11.8 Å². The number of carboxylic acids is 3. The van der Waals surface area contributed by atoms with Crippen molar-refractivity contribution < 1.29 is 34.8 Å². The smallest absolute Gasteiger partial charge is 0.317 e. The number of hydrogen-bond donors (Lipinski definition) is 4. The van der Waals surface area contributed by atoms with Gasteiger partial charge in [0.1, 0.15) is 6.23 Å². The molecule has 0 aromatic carbocycles. The molecule has 0 aromatic heterocycles. The number of carboxylic acid groups (broad SMARTS) is 3. The van der Waals surface area contributed by atoms with Crippen molar-refractivity contribution in [1.29, 1.82) is 0 Å². The summed E-state index contributed by atoms with van der Waals surface area (Å²) < 4.78 is 0. The maximum absolute atomic E-state index is 11.1. The summed E-state index contributed by atoms with van der Waals surface area (Å²) in [6.07, 6.45) is -0.186. The Morgan fingerprint density at radius 3 is 1.21 bits per heavy atom. The lowest BCUT2D eigenvalue weighted by Crippen LogP contribution is -2.50. The first kappa shape index (κ1) is 24.2. The summed E-state index contributed by atoms with van der Waals surface area (Å²) >= 11 is 0. The van der Waals surface area contributed by atoms with Crippen LogP contribution in [0.5, 0.6) is 0 Å². The van der Waals surface area contributed by atoms with Crippen molar-refractivity contribution in [2.45, 2.75) is 19.6 Å². The molecule has 1 fully saturated rings. The SMILES string of the molecule is CCC(O)N1CCN(CC(=O)O)CCN(CC(=O)O)CCN(CC(=O)O)CC1. The lowest BCUT2D eigenvalue weighted by molar-refractivity contribution is -0.140. The molecule has 1 atom stereocenters. The molecule has 0 saturated carbocycles. The normalized spacial score (nSPS) is 20.8. The number of aliphatic hydroxyl groups excluding tert-OH is 1. The predicted octanol–water partition coefficient (Wildman–Crippen LogP) is -1.81. The first-order chi connectivity index (χ1) is 13.2. The van der Waals surface area contributed by atoms with Gasteiger partial charge in [0, 0.05) is 52.4 Å². The third-order valence-electron chi connectivity index (χ3n) is 4.74. The molecule has 1 unspecified atom stereocenters. The Morgan fingerprint density at radius 1 is 0.679 bits per heavy atom. The van der Waals surface area contributed by atoms with Crippen LogP contribution in [0.2, 0.25) is 0 Å². The van der Waals surface area contributed by atoms with Crippen molar-refractivity contribution >= 4 is 17.9 Å². The second-order valence-corrected chi connectivity index (χ2v) is 6.93. The summed E-state index contributed by atoms with van der Waals surface area (Å²) in [5.74, 6) is -2.92. The zero-order chi connectivity index (χ0) is 21.1. The van der Waals surface area contributed by atoms with Crippen LogP contribution in [-0.4, -0.2) is 136 Å². The van der Waals surface area contributed by atoms with Crippen LogP contribution in [0.1, 0.15) is 13.3 Å². The summed E-state index contributed by atoms with van der Waals surface area (Å²) in [5.41, 5.74) is 0. The van der Waals surface area contributed by atoms with Gasteiger partial charge in [-0.3, -0.25) is 34.0 Å². The number of aliphatic carboxylic acids is 3. The summed E-state index contributed by atoms with van der Waals surface area (Å²) in [7, 11) is 0. The fourth-order valence-corrected chi connectivity index (χ4v) is 3.16. The lowest BCUT2D eigenvalue weighted by atomic mass is 10.3. The first-order valence-electron chi connectivity index (χ1n) is 9.45. The van der Waals surface area contributed by atoms with Gasteiger partial charge in [-0.15, -0.1) is 0 Å². The Bertz CT molecular complexity index is 488. The minimum absolute atomic E-state index is 0.165. The molecule has 4 N–H and O–H groups in total. The van der Waals surface area contributed by atoms with E-state index in [1.165, 1.54) is 0 Å². The van der Waals surface area contributed by atoms with Gasteiger partial charge in [0.05, 0.1) is 19.6 Å². The maximum atomic E-state index is 11.1. The topological polar surface area (TPSA) is 145 Å². The molecule has 28 heavy (non-hydrogen) atoms. The lowest BCUT2D eigenvalue weighted by Gasteiger charge is -2.34. The first-order valence-corrected chi connectivity index (χ1v) is 9.45. The van der Waals surface area contributed by atoms with Gasteiger partial charge in [-0.2, -0.15) is 0 Å². The van der Waals surface area contributed by atoms with Crippen LogP contribution in [-0.2, 0) is 14.4 Å². The molecule has 0 bridgehead atoms. The summed E-state index contributed by atoms with van der Waals surface area (Å²) in [5, 5.41) is 37.6. The van der Waals surface area contributed by atoms with E-state index >= 15 is 0 Å². The highest BCUT2D eigenvalue weighted by molar-refractivity contribution is 5.69. The monoisotopic (exact) mass is 404 g/mol. The van der Waals surface area contributed by atoms with Gasteiger partial charge in [0.2, 0.25) is 0 Å². The molecule has 0 radical (unpaired) electrons. The fraction of sp³-hybridized carbons (Fsp3) is 0.824. The Balaban J connectivity index is 2.92. The zero-order valence-electron chi connectivity index (χ0n) is 16.4. The third-order valence-corrected chi connectivity index (χ3v) is 4.74. The van der Waals surface area contributed by atoms with Gasteiger partial charge in [0.15, 0.2) is 0 Å². The fourth-order valence-electron chi connectivity index (χ4n) is 3.16. The molecule has 0 spiro atoms. The predicted molar refractivity (Wildman–Crippen MR) is 100 cm³/mol. The molecule has 162 valence electrons. The van der Waals surface area contributed by atoms with E-state index in [2.05, 4.69) is 0 Å². The van der Waals surface area contributed by atoms with Crippen LogP contribution >= 0.6 is 0 Å². The van der Waals surface area contributed by atoms with E-state index in [0.717, 1.165) is 0 Å². The largest absolute Gasteiger partial charge is 0.480 e. The second kappa shape index (κ2) is 12.6.